The van der Waals surface area contributed by atoms with Gasteiger partial charge < -0.3 is 15.1 Å². The molecular weight excluding hydrogens is 388 g/mol. The van der Waals surface area contributed by atoms with E-state index in [1.54, 1.807) is 34.3 Å². The van der Waals surface area contributed by atoms with E-state index < -0.39 is 0 Å². The van der Waals surface area contributed by atoms with Gasteiger partial charge in [0, 0.05) is 36.4 Å². The molecule has 0 radical (unpaired) electrons. The van der Waals surface area contributed by atoms with Gasteiger partial charge in [-0.3, -0.25) is 19.4 Å². The number of benzene rings is 1. The summed E-state index contributed by atoms with van der Waals surface area (Å²) >= 11 is 1.51. The molecule has 1 N–H and O–H groups in total. The first-order chi connectivity index (χ1) is 14.1. The number of rotatable bonds is 4. The van der Waals surface area contributed by atoms with E-state index in [0.717, 1.165) is 10.6 Å². The molecule has 0 aliphatic carbocycles. The van der Waals surface area contributed by atoms with Gasteiger partial charge in [0.25, 0.3) is 5.91 Å². The zero-order valence-corrected chi connectivity index (χ0v) is 16.7. The summed E-state index contributed by atoms with van der Waals surface area (Å²) in [5.41, 5.74) is 1.34. The number of fused-ring (bicyclic) bond motifs is 1. The number of para-hydroxylation sites is 1. The quantitative estimate of drug-likeness (QED) is 0.833. The maximum Gasteiger partial charge on any atom is 0.253 e. The summed E-state index contributed by atoms with van der Waals surface area (Å²) < 4.78 is 0. The second-order valence-corrected chi connectivity index (χ2v) is 8.12. The van der Waals surface area contributed by atoms with Gasteiger partial charge >= 0.3 is 0 Å². The average molecular weight is 410 g/mol. The van der Waals surface area contributed by atoms with E-state index in [1.165, 1.54) is 11.8 Å². The van der Waals surface area contributed by atoms with Crippen LogP contribution in [0.5, 0.6) is 0 Å². The van der Waals surface area contributed by atoms with Crippen LogP contribution in [-0.2, 0) is 9.59 Å². The molecule has 0 spiro atoms. The summed E-state index contributed by atoms with van der Waals surface area (Å²) in [6.45, 7) is 1.19. The number of hydrogen-bond acceptors (Lipinski definition) is 5. The number of hydrogen-bond donors (Lipinski definition) is 1. The van der Waals surface area contributed by atoms with Crippen molar-refractivity contribution >= 4 is 35.2 Å². The zero-order valence-electron chi connectivity index (χ0n) is 15.9. The van der Waals surface area contributed by atoms with Crippen LogP contribution < -0.4 is 10.2 Å². The molecule has 0 atom stereocenters. The van der Waals surface area contributed by atoms with Gasteiger partial charge in [-0.1, -0.05) is 12.1 Å². The van der Waals surface area contributed by atoms with E-state index in [-0.39, 0.29) is 30.3 Å². The molecule has 2 aliphatic rings. The normalized spacial score (nSPS) is 17.0. The molecule has 8 heteroatoms. The molecule has 1 aromatic heterocycles. The molecule has 7 nitrogen and oxygen atoms in total. The highest BCUT2D eigenvalue weighted by Gasteiger charge is 2.30. The number of anilines is 1. The number of aromatic nitrogens is 1. The van der Waals surface area contributed by atoms with Crippen LogP contribution in [0.15, 0.2) is 53.7 Å². The van der Waals surface area contributed by atoms with Crippen molar-refractivity contribution < 1.29 is 14.4 Å². The van der Waals surface area contributed by atoms with E-state index >= 15 is 0 Å². The van der Waals surface area contributed by atoms with Crippen LogP contribution in [-0.4, -0.2) is 59.0 Å². The van der Waals surface area contributed by atoms with Crippen molar-refractivity contribution in [1.29, 1.82) is 0 Å². The molecular formula is C21H22N4O3S. The minimum atomic E-state index is -0.143. The summed E-state index contributed by atoms with van der Waals surface area (Å²) in [5.74, 6) is 0.112. The van der Waals surface area contributed by atoms with Crippen LogP contribution in [0.25, 0.3) is 0 Å². The minimum absolute atomic E-state index is 0.0282. The molecule has 3 heterocycles. The SMILES string of the molecule is O=C(NC1CCN(C(=O)CN2C(=O)CSc3ccccc32)CC1)c1cccnc1. The largest absolute Gasteiger partial charge is 0.349 e. The standard InChI is InChI=1S/C21H22N4O3S/c26-19(13-25-17-5-1-2-6-18(17)29-14-20(25)27)24-10-7-16(8-11-24)23-21(28)15-4-3-9-22-12-15/h1-6,9,12,16H,7-8,10-11,13-14H2,(H,23,28). The first kappa shape index (κ1) is 19.4. The van der Waals surface area contributed by atoms with Gasteiger partial charge in [-0.2, -0.15) is 0 Å². The predicted molar refractivity (Wildman–Crippen MR) is 111 cm³/mol. The van der Waals surface area contributed by atoms with Gasteiger partial charge in [-0.05, 0) is 37.1 Å². The fraction of sp³-hybridized carbons (Fsp3) is 0.333. The third-order valence-electron chi connectivity index (χ3n) is 5.21. The number of nitrogens with zero attached hydrogens (tertiary/aromatic N) is 3. The van der Waals surface area contributed by atoms with Crippen molar-refractivity contribution in [1.82, 2.24) is 15.2 Å². The molecule has 1 aromatic carbocycles. The van der Waals surface area contributed by atoms with E-state index in [4.69, 9.17) is 0 Å². The Balaban J connectivity index is 1.32. The highest BCUT2D eigenvalue weighted by molar-refractivity contribution is 8.00. The monoisotopic (exact) mass is 410 g/mol. The molecule has 1 fully saturated rings. The third-order valence-corrected chi connectivity index (χ3v) is 6.26. The van der Waals surface area contributed by atoms with Crippen molar-refractivity contribution in [3.8, 4) is 0 Å². The number of amides is 3. The van der Waals surface area contributed by atoms with Gasteiger partial charge in [0.05, 0.1) is 17.0 Å². The Morgan fingerprint density at radius 1 is 1.14 bits per heavy atom. The smallest absolute Gasteiger partial charge is 0.253 e. The first-order valence-corrected chi connectivity index (χ1v) is 10.6. The molecule has 29 heavy (non-hydrogen) atoms. The van der Waals surface area contributed by atoms with Gasteiger partial charge in [0.2, 0.25) is 11.8 Å². The predicted octanol–water partition coefficient (Wildman–Crippen LogP) is 1.94. The van der Waals surface area contributed by atoms with Crippen molar-refractivity contribution in [3.63, 3.8) is 0 Å². The van der Waals surface area contributed by atoms with Gasteiger partial charge in [-0.15, -0.1) is 11.8 Å². The lowest BCUT2D eigenvalue weighted by molar-refractivity contribution is -0.132. The maximum atomic E-state index is 12.8. The molecule has 0 bridgehead atoms. The van der Waals surface area contributed by atoms with Gasteiger partial charge in [0.15, 0.2) is 0 Å². The fourth-order valence-electron chi connectivity index (χ4n) is 3.60. The van der Waals surface area contributed by atoms with Crippen LogP contribution in [0.2, 0.25) is 0 Å². The number of carbonyl (C=O) groups excluding carboxylic acids is 3. The molecule has 2 aromatic rings. The Kier molecular flexibility index (Phi) is 5.80. The van der Waals surface area contributed by atoms with Gasteiger partial charge in [-0.25, -0.2) is 0 Å². The molecule has 2 aliphatic heterocycles. The zero-order chi connectivity index (χ0) is 20.2. The molecule has 0 unspecified atom stereocenters. The summed E-state index contributed by atoms with van der Waals surface area (Å²) in [5, 5.41) is 3.01. The lowest BCUT2D eigenvalue weighted by Crippen LogP contribution is -2.50. The Morgan fingerprint density at radius 2 is 1.93 bits per heavy atom. The highest BCUT2D eigenvalue weighted by atomic mass is 32.2. The maximum absolute atomic E-state index is 12.8. The number of thioether (sulfide) groups is 1. The van der Waals surface area contributed by atoms with Crippen molar-refractivity contribution in [3.05, 3.63) is 54.4 Å². The Bertz CT molecular complexity index is 913. The Labute approximate surface area is 173 Å². The van der Waals surface area contributed by atoms with Gasteiger partial charge in [0.1, 0.15) is 6.54 Å². The average Bonchev–Trinajstić information content (AvgIpc) is 2.77. The summed E-state index contributed by atoms with van der Waals surface area (Å²) in [4.78, 5) is 45.8. The number of nitrogens with one attached hydrogen (secondary N) is 1. The molecule has 3 amide bonds. The first-order valence-electron chi connectivity index (χ1n) is 9.62. The van der Waals surface area contributed by atoms with Crippen molar-refractivity contribution in [2.24, 2.45) is 0 Å². The van der Waals surface area contributed by atoms with E-state index in [2.05, 4.69) is 10.3 Å². The Morgan fingerprint density at radius 3 is 2.69 bits per heavy atom. The lowest BCUT2D eigenvalue weighted by atomic mass is 10.0. The minimum Gasteiger partial charge on any atom is -0.349 e. The number of carbonyl (C=O) groups is 3. The van der Waals surface area contributed by atoms with E-state index in [0.29, 0.717) is 37.2 Å². The van der Waals surface area contributed by atoms with Crippen LogP contribution in [0.1, 0.15) is 23.2 Å². The van der Waals surface area contributed by atoms with Crippen LogP contribution in [0, 0.1) is 0 Å². The lowest BCUT2D eigenvalue weighted by Gasteiger charge is -2.35. The topological polar surface area (TPSA) is 82.6 Å². The van der Waals surface area contributed by atoms with Crippen molar-refractivity contribution in [2.75, 3.05) is 30.3 Å². The summed E-state index contributed by atoms with van der Waals surface area (Å²) in [6.07, 6.45) is 4.56. The molecule has 0 saturated carbocycles. The third kappa shape index (κ3) is 4.42. The second-order valence-electron chi connectivity index (χ2n) is 7.11. The summed E-state index contributed by atoms with van der Waals surface area (Å²) in [6, 6.07) is 11.2. The highest BCUT2D eigenvalue weighted by Crippen LogP contribution is 2.34. The summed E-state index contributed by atoms with van der Waals surface area (Å²) in [7, 11) is 0. The number of likely N-dealkylation sites (tertiary alicyclic amines) is 1. The Hall–Kier alpha value is -2.87. The van der Waals surface area contributed by atoms with Crippen LogP contribution >= 0.6 is 11.8 Å². The molecule has 150 valence electrons. The number of pyridine rings is 1. The second kappa shape index (κ2) is 8.65. The van der Waals surface area contributed by atoms with Crippen LogP contribution in [0.4, 0.5) is 5.69 Å². The molecule has 4 rings (SSSR count). The van der Waals surface area contributed by atoms with Crippen LogP contribution in [0.3, 0.4) is 0 Å². The fourth-order valence-corrected chi connectivity index (χ4v) is 4.54. The molecule has 1 saturated heterocycles. The number of piperidine rings is 1. The van der Waals surface area contributed by atoms with E-state index in [1.807, 2.05) is 24.3 Å². The van der Waals surface area contributed by atoms with E-state index in [9.17, 15) is 14.4 Å². The van der Waals surface area contributed by atoms with Crippen molar-refractivity contribution in [2.45, 2.75) is 23.8 Å².